The van der Waals surface area contributed by atoms with E-state index in [4.69, 9.17) is 5.11 Å². The van der Waals surface area contributed by atoms with E-state index >= 15 is 0 Å². The normalized spacial score (nSPS) is 9.69. The zero-order chi connectivity index (χ0) is 9.68. The van der Waals surface area contributed by atoms with Gasteiger partial charge in [-0.05, 0) is 12.1 Å². The summed E-state index contributed by atoms with van der Waals surface area (Å²) >= 11 is 0. The van der Waals surface area contributed by atoms with Crippen LogP contribution in [0.4, 0.5) is 5.69 Å². The van der Waals surface area contributed by atoms with Gasteiger partial charge in [0.05, 0.1) is 6.61 Å². The van der Waals surface area contributed by atoms with E-state index < -0.39 is 0 Å². The number of carbonyl (C=O) groups is 1. The average molecular weight is 179 g/mol. The van der Waals surface area contributed by atoms with E-state index in [9.17, 15) is 4.79 Å². The van der Waals surface area contributed by atoms with Crippen molar-refractivity contribution in [3.63, 3.8) is 0 Å². The van der Waals surface area contributed by atoms with Gasteiger partial charge in [0.25, 0.3) is 0 Å². The lowest BCUT2D eigenvalue weighted by atomic mass is 10.2. The Labute approximate surface area is 77.6 Å². The lowest BCUT2D eigenvalue weighted by molar-refractivity contribution is 0.112. The molecule has 0 radical (unpaired) electrons. The molecule has 0 heterocycles. The summed E-state index contributed by atoms with van der Waals surface area (Å²) in [4.78, 5) is 12.4. The van der Waals surface area contributed by atoms with Gasteiger partial charge in [-0.2, -0.15) is 0 Å². The first-order valence-corrected chi connectivity index (χ1v) is 4.15. The monoisotopic (exact) mass is 179 g/mol. The maximum absolute atomic E-state index is 10.5. The number of anilines is 1. The highest BCUT2D eigenvalue weighted by molar-refractivity contribution is 5.77. The van der Waals surface area contributed by atoms with Crippen molar-refractivity contribution in [2.75, 3.05) is 25.1 Å². The lowest BCUT2D eigenvalue weighted by Crippen LogP contribution is -2.21. The maximum atomic E-state index is 10.5. The fraction of sp³-hybridized carbons (Fsp3) is 0.300. The van der Waals surface area contributed by atoms with Crippen LogP contribution in [0.2, 0.25) is 0 Å². The van der Waals surface area contributed by atoms with Gasteiger partial charge in [0.15, 0.2) is 0 Å². The molecular weight excluding hydrogens is 166 g/mol. The molecule has 3 heteroatoms. The van der Waals surface area contributed by atoms with Crippen molar-refractivity contribution < 1.29 is 9.90 Å². The second-order valence-electron chi connectivity index (χ2n) is 2.86. The molecule has 0 aliphatic carbocycles. The number of benzene rings is 1. The number of likely N-dealkylation sites (N-methyl/N-ethyl adjacent to an activating group) is 1. The van der Waals surface area contributed by atoms with Crippen LogP contribution in [0.1, 0.15) is 10.4 Å². The number of aliphatic hydroxyl groups is 1. The molecule has 0 unspecified atom stereocenters. The highest BCUT2D eigenvalue weighted by Gasteiger charge is 1.99. The van der Waals surface area contributed by atoms with Crippen LogP contribution in [-0.2, 0) is 0 Å². The van der Waals surface area contributed by atoms with Gasteiger partial charge in [-0.1, -0.05) is 12.1 Å². The zero-order valence-electron chi connectivity index (χ0n) is 7.60. The SMILES string of the molecule is CN(CCO)c1cccc(C=O)c1. The number of rotatable bonds is 4. The number of aldehydes is 1. The predicted octanol–water partition coefficient (Wildman–Crippen LogP) is 0.928. The van der Waals surface area contributed by atoms with Crippen molar-refractivity contribution in [1.82, 2.24) is 0 Å². The predicted molar refractivity (Wildman–Crippen MR) is 52.2 cm³/mol. The second kappa shape index (κ2) is 4.62. The summed E-state index contributed by atoms with van der Waals surface area (Å²) in [7, 11) is 1.88. The van der Waals surface area contributed by atoms with Crippen LogP contribution < -0.4 is 4.90 Å². The average Bonchev–Trinajstić information content (AvgIpc) is 2.18. The van der Waals surface area contributed by atoms with E-state index in [1.807, 2.05) is 24.1 Å². The van der Waals surface area contributed by atoms with Gasteiger partial charge in [0, 0.05) is 24.8 Å². The Kier molecular flexibility index (Phi) is 3.46. The lowest BCUT2D eigenvalue weighted by Gasteiger charge is -2.17. The minimum Gasteiger partial charge on any atom is -0.395 e. The van der Waals surface area contributed by atoms with Gasteiger partial charge in [0.2, 0.25) is 0 Å². The number of aliphatic hydroxyl groups excluding tert-OH is 1. The molecule has 0 fully saturated rings. The smallest absolute Gasteiger partial charge is 0.150 e. The Hall–Kier alpha value is -1.35. The molecule has 0 aliphatic heterocycles. The van der Waals surface area contributed by atoms with E-state index in [-0.39, 0.29) is 6.61 Å². The van der Waals surface area contributed by atoms with Gasteiger partial charge >= 0.3 is 0 Å². The van der Waals surface area contributed by atoms with Crippen LogP contribution >= 0.6 is 0 Å². The summed E-state index contributed by atoms with van der Waals surface area (Å²) in [5.41, 5.74) is 1.60. The molecule has 70 valence electrons. The van der Waals surface area contributed by atoms with Crippen molar-refractivity contribution in [3.8, 4) is 0 Å². The maximum Gasteiger partial charge on any atom is 0.150 e. The molecule has 0 aromatic heterocycles. The number of hydrogen-bond acceptors (Lipinski definition) is 3. The van der Waals surface area contributed by atoms with Gasteiger partial charge in [-0.15, -0.1) is 0 Å². The van der Waals surface area contributed by atoms with Crippen LogP contribution in [0.3, 0.4) is 0 Å². The molecule has 0 saturated carbocycles. The minimum atomic E-state index is 0.113. The van der Waals surface area contributed by atoms with Crippen molar-refractivity contribution in [3.05, 3.63) is 29.8 Å². The molecule has 1 aromatic rings. The van der Waals surface area contributed by atoms with Crippen molar-refractivity contribution >= 4 is 12.0 Å². The summed E-state index contributed by atoms with van der Waals surface area (Å²) in [5.74, 6) is 0. The van der Waals surface area contributed by atoms with Crippen molar-refractivity contribution in [1.29, 1.82) is 0 Å². The van der Waals surface area contributed by atoms with Crippen LogP contribution in [0, 0.1) is 0 Å². The molecule has 0 atom stereocenters. The summed E-state index contributed by atoms with van der Waals surface area (Å²) in [6.45, 7) is 0.685. The molecule has 0 amide bonds. The molecule has 0 saturated heterocycles. The van der Waals surface area contributed by atoms with Gasteiger partial charge in [0.1, 0.15) is 6.29 Å². The summed E-state index contributed by atoms with van der Waals surface area (Å²) in [6.07, 6.45) is 0.816. The quantitative estimate of drug-likeness (QED) is 0.699. The van der Waals surface area contributed by atoms with Crippen molar-refractivity contribution in [2.24, 2.45) is 0 Å². The summed E-state index contributed by atoms with van der Waals surface area (Å²) in [5, 5.41) is 8.71. The molecule has 13 heavy (non-hydrogen) atoms. The molecule has 1 N–H and O–H groups in total. The second-order valence-corrected chi connectivity index (χ2v) is 2.86. The summed E-state index contributed by atoms with van der Waals surface area (Å²) in [6, 6.07) is 7.28. The Bertz CT molecular complexity index is 286. The first-order chi connectivity index (χ1) is 6.27. The molecule has 0 aliphatic rings. The Morgan fingerprint density at radius 1 is 1.54 bits per heavy atom. The number of carbonyl (C=O) groups excluding carboxylic acids is 1. The molecule has 1 rings (SSSR count). The highest BCUT2D eigenvalue weighted by atomic mass is 16.3. The van der Waals surface area contributed by atoms with E-state index in [1.54, 1.807) is 12.1 Å². The van der Waals surface area contributed by atoms with Crippen LogP contribution in [0.25, 0.3) is 0 Å². The van der Waals surface area contributed by atoms with E-state index in [1.165, 1.54) is 0 Å². The standard InChI is InChI=1S/C10H13NO2/c1-11(5-6-12)10-4-2-3-9(7-10)8-13/h2-4,7-8,12H,5-6H2,1H3. The third-order valence-electron chi connectivity index (χ3n) is 1.88. The molecule has 1 aromatic carbocycles. The highest BCUT2D eigenvalue weighted by Crippen LogP contribution is 2.12. The number of nitrogens with zero attached hydrogens (tertiary/aromatic N) is 1. The molecular formula is C10H13NO2. The van der Waals surface area contributed by atoms with Gasteiger partial charge < -0.3 is 10.0 Å². The largest absolute Gasteiger partial charge is 0.395 e. The molecule has 0 bridgehead atoms. The fourth-order valence-corrected chi connectivity index (χ4v) is 1.11. The third-order valence-corrected chi connectivity index (χ3v) is 1.88. The van der Waals surface area contributed by atoms with Gasteiger partial charge in [-0.3, -0.25) is 4.79 Å². The Morgan fingerprint density at radius 2 is 2.31 bits per heavy atom. The molecule has 3 nitrogen and oxygen atoms in total. The molecule has 0 spiro atoms. The Morgan fingerprint density at radius 3 is 2.92 bits per heavy atom. The topological polar surface area (TPSA) is 40.5 Å². The summed E-state index contributed by atoms with van der Waals surface area (Å²) < 4.78 is 0. The fourth-order valence-electron chi connectivity index (χ4n) is 1.11. The minimum absolute atomic E-state index is 0.113. The third kappa shape index (κ3) is 2.56. The zero-order valence-corrected chi connectivity index (χ0v) is 7.60. The van der Waals surface area contributed by atoms with Crippen LogP contribution in [0.5, 0.6) is 0 Å². The Balaban J connectivity index is 2.81. The van der Waals surface area contributed by atoms with Crippen LogP contribution in [0.15, 0.2) is 24.3 Å². The van der Waals surface area contributed by atoms with Gasteiger partial charge in [-0.25, -0.2) is 0 Å². The number of hydrogen-bond donors (Lipinski definition) is 1. The van der Waals surface area contributed by atoms with Crippen LogP contribution in [-0.4, -0.2) is 31.6 Å². The first-order valence-electron chi connectivity index (χ1n) is 4.15. The van der Waals surface area contributed by atoms with E-state index in [0.717, 1.165) is 12.0 Å². The van der Waals surface area contributed by atoms with E-state index in [0.29, 0.717) is 12.1 Å². The first kappa shape index (κ1) is 9.74. The van der Waals surface area contributed by atoms with E-state index in [2.05, 4.69) is 0 Å². The van der Waals surface area contributed by atoms with Crippen molar-refractivity contribution in [2.45, 2.75) is 0 Å².